The van der Waals surface area contributed by atoms with Gasteiger partial charge in [0.05, 0.1) is 12.1 Å². The Bertz CT molecular complexity index is 985. The largest absolute Gasteiger partial charge is 0.507 e. The van der Waals surface area contributed by atoms with Crippen LogP contribution in [0.1, 0.15) is 96.1 Å². The Morgan fingerprint density at radius 3 is 1.88 bits per heavy atom. The van der Waals surface area contributed by atoms with Crippen LogP contribution in [-0.2, 0) is 28.7 Å². The number of hydrogen-bond donors (Lipinski definition) is 2. The lowest BCUT2D eigenvalue weighted by Gasteiger charge is -2.30. The number of aryl methyl sites for hydroxylation is 1. The summed E-state index contributed by atoms with van der Waals surface area (Å²) in [4.78, 5) is 13.3. The van der Waals surface area contributed by atoms with Crippen LogP contribution in [-0.4, -0.2) is 32.7 Å². The average Bonchev–Trinajstić information content (AvgIpc) is 3.07. The van der Waals surface area contributed by atoms with E-state index in [-0.39, 0.29) is 34.5 Å². The monoisotopic (exact) mass is 457 g/mol. The number of carbonyl (C=O) groups is 1. The standard InChI is InChI=1S/C27H43N3O3/c1-10-27(11-2,33-9)12-13-29-14-15-30(24(29)28)18-22(31)19-16-20(25(3,4)5)23(32)21(17-19)26(6,7)8/h14-17,28,32H,10-13,18H2,1-9H3. The molecule has 0 spiro atoms. The molecule has 0 aliphatic rings. The number of aromatic hydroxyl groups is 1. The number of ether oxygens (including phenoxy) is 1. The van der Waals surface area contributed by atoms with Crippen molar-refractivity contribution in [1.29, 1.82) is 5.41 Å². The fourth-order valence-corrected chi connectivity index (χ4v) is 4.28. The zero-order valence-corrected chi connectivity index (χ0v) is 22.0. The van der Waals surface area contributed by atoms with Crippen molar-refractivity contribution in [2.45, 2.75) is 104 Å². The van der Waals surface area contributed by atoms with Crippen molar-refractivity contribution in [3.8, 4) is 5.75 Å². The van der Waals surface area contributed by atoms with E-state index in [1.165, 1.54) is 0 Å². The highest BCUT2D eigenvalue weighted by Gasteiger charge is 2.28. The molecule has 0 fully saturated rings. The fourth-order valence-electron chi connectivity index (χ4n) is 4.28. The van der Waals surface area contributed by atoms with Gasteiger partial charge in [0, 0.05) is 42.7 Å². The number of benzene rings is 1. The molecule has 2 N–H and O–H groups in total. The molecule has 1 aromatic heterocycles. The molecule has 0 bridgehead atoms. The summed E-state index contributed by atoms with van der Waals surface area (Å²) < 4.78 is 9.30. The van der Waals surface area contributed by atoms with Gasteiger partial charge in [-0.05, 0) is 42.2 Å². The molecule has 0 aliphatic carbocycles. The van der Waals surface area contributed by atoms with E-state index in [0.717, 1.165) is 30.4 Å². The van der Waals surface area contributed by atoms with Gasteiger partial charge in [-0.3, -0.25) is 10.2 Å². The SMILES string of the molecule is CCC(CC)(CCn1ccn(CC(=O)c2cc(C(C)(C)C)c(O)c(C(C)(C)C)c2)c1=N)OC. The maximum Gasteiger partial charge on any atom is 0.202 e. The van der Waals surface area contributed by atoms with Crippen LogP contribution in [0.15, 0.2) is 24.5 Å². The molecule has 6 nitrogen and oxygen atoms in total. The number of methoxy groups -OCH3 is 1. The highest BCUT2D eigenvalue weighted by molar-refractivity contribution is 5.96. The lowest BCUT2D eigenvalue weighted by atomic mass is 9.78. The number of phenolic OH excluding ortho intramolecular Hbond substituents is 1. The van der Waals surface area contributed by atoms with Crippen molar-refractivity contribution in [1.82, 2.24) is 9.13 Å². The second-order valence-corrected chi connectivity index (χ2v) is 11.1. The van der Waals surface area contributed by atoms with Crippen molar-refractivity contribution in [2.75, 3.05) is 7.11 Å². The minimum atomic E-state index is -0.302. The van der Waals surface area contributed by atoms with Gasteiger partial charge in [-0.2, -0.15) is 0 Å². The van der Waals surface area contributed by atoms with E-state index in [1.807, 2.05) is 64.4 Å². The first kappa shape index (κ1) is 26.9. The fraction of sp³-hybridized carbons (Fsp3) is 0.630. The Morgan fingerprint density at radius 2 is 1.45 bits per heavy atom. The van der Waals surface area contributed by atoms with Gasteiger partial charge in [-0.25, -0.2) is 0 Å². The van der Waals surface area contributed by atoms with Gasteiger partial charge in [0.25, 0.3) is 0 Å². The number of carbonyl (C=O) groups excluding carboxylic acids is 1. The van der Waals surface area contributed by atoms with Gasteiger partial charge in [0.15, 0.2) is 5.78 Å². The molecule has 1 aromatic carbocycles. The molecule has 0 radical (unpaired) electrons. The minimum absolute atomic E-state index is 0.0735. The summed E-state index contributed by atoms with van der Waals surface area (Å²) in [7, 11) is 1.75. The quantitative estimate of drug-likeness (QED) is 0.485. The third kappa shape index (κ3) is 5.97. The van der Waals surface area contributed by atoms with Crippen molar-refractivity contribution < 1.29 is 14.6 Å². The summed E-state index contributed by atoms with van der Waals surface area (Å²) in [6.07, 6.45) is 6.30. The van der Waals surface area contributed by atoms with E-state index in [1.54, 1.807) is 17.9 Å². The molecule has 33 heavy (non-hydrogen) atoms. The highest BCUT2D eigenvalue weighted by atomic mass is 16.5. The van der Waals surface area contributed by atoms with E-state index >= 15 is 0 Å². The van der Waals surface area contributed by atoms with Crippen LogP contribution >= 0.6 is 0 Å². The zero-order chi connectivity index (χ0) is 25.2. The topological polar surface area (TPSA) is 80.2 Å². The van der Waals surface area contributed by atoms with Crippen molar-refractivity contribution in [2.24, 2.45) is 0 Å². The molecule has 0 saturated heterocycles. The predicted octanol–water partition coefficient (Wildman–Crippen LogP) is 5.55. The van der Waals surface area contributed by atoms with Crippen LogP contribution in [0, 0.1) is 5.41 Å². The molecule has 2 rings (SSSR count). The van der Waals surface area contributed by atoms with Crippen LogP contribution in [0.2, 0.25) is 0 Å². The Balaban J connectivity index is 2.34. The lowest BCUT2D eigenvalue weighted by Crippen LogP contribution is -2.34. The van der Waals surface area contributed by atoms with Crippen molar-refractivity contribution in [3.63, 3.8) is 0 Å². The van der Waals surface area contributed by atoms with Crippen molar-refractivity contribution in [3.05, 3.63) is 46.8 Å². The predicted molar refractivity (Wildman–Crippen MR) is 133 cm³/mol. The Hall–Kier alpha value is -2.34. The molecular formula is C27H43N3O3. The normalized spacial score (nSPS) is 12.9. The van der Waals surface area contributed by atoms with Crippen LogP contribution in [0.3, 0.4) is 0 Å². The van der Waals surface area contributed by atoms with Crippen molar-refractivity contribution >= 4 is 5.78 Å². The summed E-state index contributed by atoms with van der Waals surface area (Å²) in [5.41, 5.74) is 1.61. The third-order valence-corrected chi connectivity index (χ3v) is 6.86. The van der Waals surface area contributed by atoms with Gasteiger partial charge in [0.2, 0.25) is 5.62 Å². The van der Waals surface area contributed by atoms with Crippen LogP contribution in [0.25, 0.3) is 0 Å². The summed E-state index contributed by atoms with van der Waals surface area (Å²) >= 11 is 0. The van der Waals surface area contributed by atoms with Gasteiger partial charge in [-0.1, -0.05) is 55.4 Å². The van der Waals surface area contributed by atoms with Gasteiger partial charge < -0.3 is 19.0 Å². The molecule has 2 aromatic rings. The second kappa shape index (κ2) is 9.88. The molecule has 184 valence electrons. The average molecular weight is 458 g/mol. The Labute approximate surface area is 199 Å². The van der Waals surface area contributed by atoms with Gasteiger partial charge in [-0.15, -0.1) is 0 Å². The molecule has 0 amide bonds. The highest BCUT2D eigenvalue weighted by Crippen LogP contribution is 2.39. The first-order valence-corrected chi connectivity index (χ1v) is 12.0. The number of imidazole rings is 1. The summed E-state index contributed by atoms with van der Waals surface area (Å²) in [6.45, 7) is 17.2. The number of nitrogens with zero attached hydrogens (tertiary/aromatic N) is 2. The smallest absolute Gasteiger partial charge is 0.202 e. The molecule has 0 atom stereocenters. The minimum Gasteiger partial charge on any atom is -0.507 e. The van der Waals surface area contributed by atoms with Crippen LogP contribution in [0.5, 0.6) is 5.75 Å². The molecular weight excluding hydrogens is 414 g/mol. The summed E-state index contributed by atoms with van der Waals surface area (Å²) in [6, 6.07) is 3.62. The molecule has 0 aliphatic heterocycles. The van der Waals surface area contributed by atoms with E-state index in [0.29, 0.717) is 17.7 Å². The first-order chi connectivity index (χ1) is 15.2. The molecule has 6 heteroatoms. The van der Waals surface area contributed by atoms with Crippen LogP contribution < -0.4 is 5.62 Å². The number of nitrogens with one attached hydrogen (secondary N) is 1. The van der Waals surface area contributed by atoms with Gasteiger partial charge in [0.1, 0.15) is 5.75 Å². The van der Waals surface area contributed by atoms with E-state index in [9.17, 15) is 9.90 Å². The van der Waals surface area contributed by atoms with E-state index in [2.05, 4.69) is 13.8 Å². The third-order valence-electron chi connectivity index (χ3n) is 6.86. The maximum atomic E-state index is 13.3. The van der Waals surface area contributed by atoms with E-state index < -0.39 is 0 Å². The number of ketones is 1. The zero-order valence-electron chi connectivity index (χ0n) is 22.0. The maximum absolute atomic E-state index is 13.3. The lowest BCUT2D eigenvalue weighted by molar-refractivity contribution is -0.0270. The van der Waals surface area contributed by atoms with Gasteiger partial charge >= 0.3 is 0 Å². The van der Waals surface area contributed by atoms with E-state index in [4.69, 9.17) is 10.1 Å². The number of rotatable bonds is 9. The number of hydrogen-bond acceptors (Lipinski definition) is 4. The molecule has 0 saturated carbocycles. The summed E-state index contributed by atoms with van der Waals surface area (Å²) in [5, 5.41) is 19.5. The number of aromatic nitrogens is 2. The molecule has 0 unspecified atom stereocenters. The summed E-state index contributed by atoms with van der Waals surface area (Å²) in [5.74, 6) is 0.190. The number of Topliss-reactive ketones (excluding diaryl/α,β-unsaturated/α-hetero) is 1. The number of phenols is 1. The second-order valence-electron chi connectivity index (χ2n) is 11.1. The Morgan fingerprint density at radius 1 is 0.970 bits per heavy atom. The van der Waals surface area contributed by atoms with Crippen LogP contribution in [0.4, 0.5) is 0 Å². The molecule has 1 heterocycles. The Kier molecular flexibility index (Phi) is 8.06. The first-order valence-electron chi connectivity index (χ1n) is 12.0.